The minimum atomic E-state index is 0.478. The van der Waals surface area contributed by atoms with Crippen molar-refractivity contribution in [1.82, 2.24) is 10.2 Å². The van der Waals surface area contributed by atoms with E-state index in [9.17, 15) is 0 Å². The summed E-state index contributed by atoms with van der Waals surface area (Å²) in [5.41, 5.74) is 0.590. The molecular formula is C14H23N3. The number of guanidine groups is 1. The Morgan fingerprint density at radius 3 is 2.82 bits per heavy atom. The number of nitrogens with one attached hydrogen (secondary N) is 1. The van der Waals surface area contributed by atoms with Gasteiger partial charge in [-0.3, -0.25) is 0 Å². The predicted molar refractivity (Wildman–Crippen MR) is 71.9 cm³/mol. The Morgan fingerprint density at radius 1 is 1.41 bits per heavy atom. The van der Waals surface area contributed by atoms with Crippen molar-refractivity contribution in [1.29, 1.82) is 0 Å². The largest absolute Gasteiger partial charge is 0.356 e. The molecule has 0 unspecified atom stereocenters. The minimum absolute atomic E-state index is 0.478. The van der Waals surface area contributed by atoms with Crippen LogP contribution in [0.5, 0.6) is 0 Å². The third-order valence-electron chi connectivity index (χ3n) is 4.06. The Kier molecular flexibility index (Phi) is 3.93. The van der Waals surface area contributed by atoms with Gasteiger partial charge in [-0.2, -0.15) is 0 Å². The van der Waals surface area contributed by atoms with E-state index in [1.165, 1.54) is 38.6 Å². The van der Waals surface area contributed by atoms with Crippen LogP contribution in [0.1, 0.15) is 39.0 Å². The molecule has 0 aromatic heterocycles. The third kappa shape index (κ3) is 2.74. The number of hydrogen-bond acceptors (Lipinski definition) is 1. The fraction of sp³-hybridized carbons (Fsp3) is 0.786. The molecule has 2 rings (SSSR count). The SMILES string of the molecule is C#CCN=C(NCC)N1CCC2(CCCC2)C1. The van der Waals surface area contributed by atoms with E-state index in [2.05, 4.69) is 28.1 Å². The first-order chi connectivity index (χ1) is 8.29. The van der Waals surface area contributed by atoms with Crippen LogP contribution in [0.2, 0.25) is 0 Å². The average molecular weight is 233 g/mol. The third-order valence-corrected chi connectivity index (χ3v) is 4.06. The van der Waals surface area contributed by atoms with Crippen molar-refractivity contribution in [2.75, 3.05) is 26.2 Å². The molecule has 1 spiro atoms. The summed E-state index contributed by atoms with van der Waals surface area (Å²) in [5, 5.41) is 3.35. The quantitative estimate of drug-likeness (QED) is 0.448. The molecule has 1 saturated heterocycles. The average Bonchev–Trinajstić information content (AvgIpc) is 2.96. The molecule has 2 fully saturated rings. The zero-order valence-corrected chi connectivity index (χ0v) is 10.8. The Labute approximate surface area is 105 Å². The topological polar surface area (TPSA) is 27.6 Å². The van der Waals surface area contributed by atoms with E-state index in [-0.39, 0.29) is 0 Å². The van der Waals surface area contributed by atoms with Gasteiger partial charge in [-0.15, -0.1) is 6.42 Å². The van der Waals surface area contributed by atoms with Crippen LogP contribution in [0.3, 0.4) is 0 Å². The maximum atomic E-state index is 5.28. The molecule has 3 nitrogen and oxygen atoms in total. The molecule has 0 aromatic rings. The van der Waals surface area contributed by atoms with Crippen LogP contribution in [-0.4, -0.2) is 37.0 Å². The van der Waals surface area contributed by atoms with Crippen molar-refractivity contribution >= 4 is 5.96 Å². The molecular weight excluding hydrogens is 210 g/mol. The lowest BCUT2D eigenvalue weighted by molar-refractivity contribution is 0.309. The van der Waals surface area contributed by atoms with Crippen molar-refractivity contribution in [3.63, 3.8) is 0 Å². The summed E-state index contributed by atoms with van der Waals surface area (Å²) in [6.07, 6.45) is 12.2. The molecule has 2 aliphatic rings. The maximum absolute atomic E-state index is 5.28. The van der Waals surface area contributed by atoms with Crippen LogP contribution in [-0.2, 0) is 0 Å². The van der Waals surface area contributed by atoms with Gasteiger partial charge in [0.15, 0.2) is 5.96 Å². The number of rotatable bonds is 2. The lowest BCUT2D eigenvalue weighted by atomic mass is 9.86. The molecule has 1 saturated carbocycles. The number of nitrogens with zero attached hydrogens (tertiary/aromatic N) is 2. The number of aliphatic imine (C=N–C) groups is 1. The lowest BCUT2D eigenvalue weighted by Crippen LogP contribution is -2.41. The number of terminal acetylenes is 1. The molecule has 0 aromatic carbocycles. The van der Waals surface area contributed by atoms with Gasteiger partial charge in [0.2, 0.25) is 0 Å². The van der Waals surface area contributed by atoms with Crippen molar-refractivity contribution in [3.05, 3.63) is 0 Å². The van der Waals surface area contributed by atoms with Crippen LogP contribution >= 0.6 is 0 Å². The van der Waals surface area contributed by atoms with E-state index in [1.54, 1.807) is 0 Å². The monoisotopic (exact) mass is 233 g/mol. The fourth-order valence-electron chi connectivity index (χ4n) is 3.20. The minimum Gasteiger partial charge on any atom is -0.356 e. The Morgan fingerprint density at radius 2 is 2.18 bits per heavy atom. The molecule has 1 N–H and O–H groups in total. The molecule has 0 atom stereocenters. The van der Waals surface area contributed by atoms with Gasteiger partial charge >= 0.3 is 0 Å². The van der Waals surface area contributed by atoms with E-state index < -0.39 is 0 Å². The molecule has 94 valence electrons. The highest BCUT2D eigenvalue weighted by molar-refractivity contribution is 5.80. The molecule has 0 amide bonds. The Bertz CT molecular complexity index is 321. The van der Waals surface area contributed by atoms with E-state index in [1.807, 2.05) is 0 Å². The highest BCUT2D eigenvalue weighted by Gasteiger charge is 2.40. The van der Waals surface area contributed by atoms with Gasteiger partial charge in [-0.05, 0) is 31.6 Å². The van der Waals surface area contributed by atoms with Crippen LogP contribution in [0.4, 0.5) is 0 Å². The molecule has 3 heteroatoms. The lowest BCUT2D eigenvalue weighted by Gasteiger charge is -2.25. The summed E-state index contributed by atoms with van der Waals surface area (Å²) in [7, 11) is 0. The summed E-state index contributed by atoms with van der Waals surface area (Å²) >= 11 is 0. The molecule has 0 radical (unpaired) electrons. The van der Waals surface area contributed by atoms with E-state index in [0.717, 1.165) is 19.0 Å². The normalized spacial score (nSPS) is 23.1. The first kappa shape index (κ1) is 12.3. The summed E-state index contributed by atoms with van der Waals surface area (Å²) < 4.78 is 0. The van der Waals surface area contributed by atoms with Gasteiger partial charge < -0.3 is 10.2 Å². The summed E-state index contributed by atoms with van der Waals surface area (Å²) in [5.74, 6) is 3.60. The van der Waals surface area contributed by atoms with Gasteiger partial charge in [0, 0.05) is 19.6 Å². The number of hydrogen-bond donors (Lipinski definition) is 1. The Balaban J connectivity index is 1.99. The standard InChI is InChI=1S/C14H23N3/c1-3-10-16-13(15-4-2)17-11-9-14(12-17)7-5-6-8-14/h1H,4-12H2,2H3,(H,15,16). The number of likely N-dealkylation sites (tertiary alicyclic amines) is 1. The van der Waals surface area contributed by atoms with Crippen LogP contribution in [0.25, 0.3) is 0 Å². The highest BCUT2D eigenvalue weighted by atomic mass is 15.3. The van der Waals surface area contributed by atoms with Crippen molar-refractivity contribution in [2.45, 2.75) is 39.0 Å². The van der Waals surface area contributed by atoms with E-state index in [4.69, 9.17) is 6.42 Å². The molecule has 1 heterocycles. The first-order valence-electron chi connectivity index (χ1n) is 6.76. The first-order valence-corrected chi connectivity index (χ1v) is 6.76. The summed E-state index contributed by atoms with van der Waals surface area (Å²) in [6.45, 7) is 5.80. The van der Waals surface area contributed by atoms with Gasteiger partial charge in [0.05, 0.1) is 0 Å². The van der Waals surface area contributed by atoms with Gasteiger partial charge in [0.1, 0.15) is 6.54 Å². The zero-order chi connectivity index (χ0) is 12.1. The van der Waals surface area contributed by atoms with E-state index in [0.29, 0.717) is 12.0 Å². The van der Waals surface area contributed by atoms with Crippen LogP contribution < -0.4 is 5.32 Å². The second-order valence-corrected chi connectivity index (χ2v) is 5.25. The second-order valence-electron chi connectivity index (χ2n) is 5.25. The molecule has 1 aliphatic carbocycles. The van der Waals surface area contributed by atoms with E-state index >= 15 is 0 Å². The molecule has 17 heavy (non-hydrogen) atoms. The Hall–Kier alpha value is -1.17. The summed E-state index contributed by atoms with van der Waals surface area (Å²) in [4.78, 5) is 6.86. The zero-order valence-electron chi connectivity index (χ0n) is 10.8. The van der Waals surface area contributed by atoms with Gasteiger partial charge in [-0.25, -0.2) is 4.99 Å². The fourth-order valence-corrected chi connectivity index (χ4v) is 3.20. The van der Waals surface area contributed by atoms with Crippen LogP contribution in [0, 0.1) is 17.8 Å². The maximum Gasteiger partial charge on any atom is 0.194 e. The highest BCUT2D eigenvalue weighted by Crippen LogP contribution is 2.45. The van der Waals surface area contributed by atoms with Crippen LogP contribution in [0.15, 0.2) is 4.99 Å². The van der Waals surface area contributed by atoms with Gasteiger partial charge in [0.25, 0.3) is 0 Å². The van der Waals surface area contributed by atoms with Gasteiger partial charge in [-0.1, -0.05) is 18.8 Å². The predicted octanol–water partition coefficient (Wildman–Crippen LogP) is 1.85. The van der Waals surface area contributed by atoms with Crippen molar-refractivity contribution in [2.24, 2.45) is 10.4 Å². The van der Waals surface area contributed by atoms with Crippen molar-refractivity contribution in [3.8, 4) is 12.3 Å². The van der Waals surface area contributed by atoms with Crippen molar-refractivity contribution < 1.29 is 0 Å². The second kappa shape index (κ2) is 5.44. The smallest absolute Gasteiger partial charge is 0.194 e. The summed E-state index contributed by atoms with van der Waals surface area (Å²) in [6, 6.07) is 0. The molecule has 1 aliphatic heterocycles. The molecule has 0 bridgehead atoms.